The van der Waals surface area contributed by atoms with Gasteiger partial charge in [0.15, 0.2) is 0 Å². The maximum absolute atomic E-state index is 12.7. The van der Waals surface area contributed by atoms with Crippen molar-refractivity contribution in [3.63, 3.8) is 0 Å². The molecule has 1 radical (unpaired) electrons. The predicted octanol–water partition coefficient (Wildman–Crippen LogP) is 4.04. The van der Waals surface area contributed by atoms with Crippen LogP contribution in [0.1, 0.15) is 40.5 Å². The SMILES string of the molecule is CC1(C)CC(OP(=[Se])(c2ccccc2)c2ccccc2)CC(C)(C)N1[O]. The van der Waals surface area contributed by atoms with E-state index in [-0.39, 0.29) is 6.10 Å². The van der Waals surface area contributed by atoms with E-state index in [1.807, 2.05) is 39.8 Å². The average Bonchev–Trinajstić information content (AvgIpc) is 2.60. The van der Waals surface area contributed by atoms with Gasteiger partial charge in [-0.1, -0.05) is 0 Å². The molecule has 0 saturated carbocycles. The molecule has 1 fully saturated rings. The van der Waals surface area contributed by atoms with Crippen LogP contribution in [0.2, 0.25) is 0 Å². The summed E-state index contributed by atoms with van der Waals surface area (Å²) in [6, 6.07) is 20.8. The average molecular weight is 435 g/mol. The van der Waals surface area contributed by atoms with Crippen LogP contribution in [0.4, 0.5) is 0 Å². The van der Waals surface area contributed by atoms with Crippen molar-refractivity contribution in [1.29, 1.82) is 0 Å². The first-order chi connectivity index (χ1) is 12.2. The molecule has 0 atom stereocenters. The summed E-state index contributed by atoms with van der Waals surface area (Å²) in [5, 5.41) is 16.3. The molecule has 26 heavy (non-hydrogen) atoms. The molecule has 0 N–H and O–H groups in total. The molecule has 0 bridgehead atoms. The van der Waals surface area contributed by atoms with Gasteiger partial charge < -0.3 is 0 Å². The van der Waals surface area contributed by atoms with Gasteiger partial charge in [0.25, 0.3) is 0 Å². The summed E-state index contributed by atoms with van der Waals surface area (Å²) in [6.45, 7) is 8.06. The number of hydroxylamine groups is 2. The van der Waals surface area contributed by atoms with E-state index in [9.17, 15) is 5.21 Å². The van der Waals surface area contributed by atoms with Gasteiger partial charge in [-0.3, -0.25) is 0 Å². The second-order valence-corrected chi connectivity index (χ2v) is 13.9. The Bertz CT molecular complexity index is 731. The monoisotopic (exact) mass is 436 g/mol. The third-order valence-corrected chi connectivity index (χ3v) is 10.8. The van der Waals surface area contributed by atoms with Crippen LogP contribution in [0.5, 0.6) is 0 Å². The Hall–Kier alpha value is -0.731. The second kappa shape index (κ2) is 7.35. The number of hydrogen-bond acceptors (Lipinski definition) is 2. The number of nitrogens with zero attached hydrogens (tertiary/aromatic N) is 1. The van der Waals surface area contributed by atoms with Gasteiger partial charge in [-0.2, -0.15) is 0 Å². The van der Waals surface area contributed by atoms with Crippen LogP contribution in [0.15, 0.2) is 60.7 Å². The zero-order chi connectivity index (χ0) is 19.0. The van der Waals surface area contributed by atoms with Gasteiger partial charge in [0.05, 0.1) is 0 Å². The third kappa shape index (κ3) is 3.92. The van der Waals surface area contributed by atoms with Crippen LogP contribution < -0.4 is 10.6 Å². The molecule has 0 aromatic heterocycles. The van der Waals surface area contributed by atoms with E-state index in [2.05, 4.69) is 63.6 Å². The van der Waals surface area contributed by atoms with E-state index >= 15 is 0 Å². The summed E-state index contributed by atoms with van der Waals surface area (Å²) in [5.41, 5.74) is -3.00. The summed E-state index contributed by atoms with van der Waals surface area (Å²) in [7, 11) is 0. The molecular formula is C21H27NO2PSe. The van der Waals surface area contributed by atoms with Crippen molar-refractivity contribution in [3.05, 3.63) is 60.7 Å². The Morgan fingerprint density at radius 3 is 1.65 bits per heavy atom. The van der Waals surface area contributed by atoms with Gasteiger partial charge in [0.2, 0.25) is 0 Å². The Morgan fingerprint density at radius 2 is 1.27 bits per heavy atom. The number of hydrogen-bond donors (Lipinski definition) is 0. The van der Waals surface area contributed by atoms with Crippen LogP contribution in [-0.2, 0) is 9.73 Å². The van der Waals surface area contributed by atoms with Crippen molar-refractivity contribution < 1.29 is 9.73 Å². The van der Waals surface area contributed by atoms with E-state index < -0.39 is 16.8 Å². The Kier molecular flexibility index (Phi) is 5.66. The molecule has 3 rings (SSSR count). The van der Waals surface area contributed by atoms with Crippen molar-refractivity contribution in [1.82, 2.24) is 5.06 Å². The number of piperidine rings is 1. The van der Waals surface area contributed by atoms with Crippen LogP contribution in [0, 0.1) is 0 Å². The summed E-state index contributed by atoms with van der Waals surface area (Å²) >= 11 is 3.43. The zero-order valence-corrected chi connectivity index (χ0v) is 18.5. The Labute approximate surface area is 164 Å². The van der Waals surface area contributed by atoms with Crippen LogP contribution in [-0.4, -0.2) is 37.3 Å². The van der Waals surface area contributed by atoms with Gasteiger partial charge in [0.1, 0.15) is 0 Å². The molecule has 5 heteroatoms. The Balaban J connectivity index is 1.99. The molecule has 0 spiro atoms. The fourth-order valence-corrected chi connectivity index (χ4v) is 8.51. The molecule has 1 saturated heterocycles. The quantitative estimate of drug-likeness (QED) is 0.537. The standard InChI is InChI=1S/C21H27NO2PSe/c1-20(2)15-17(16-21(3,4)22(20)23)24-25(26,18-11-7-5-8-12-18)19-13-9-6-10-14-19/h5-14,17H,15-16H2,1-4H3. The normalized spacial score (nSPS) is 20.8. The molecule has 1 heterocycles. The van der Waals surface area contributed by atoms with E-state index in [4.69, 9.17) is 4.52 Å². The van der Waals surface area contributed by atoms with E-state index in [0.717, 1.165) is 12.8 Å². The van der Waals surface area contributed by atoms with Crippen LogP contribution >= 0.6 is 5.74 Å². The topological polar surface area (TPSA) is 32.4 Å². The molecule has 2 aromatic rings. The third-order valence-electron chi connectivity index (χ3n) is 5.04. The predicted molar refractivity (Wildman–Crippen MR) is 110 cm³/mol. The van der Waals surface area contributed by atoms with Crippen molar-refractivity contribution in [2.75, 3.05) is 0 Å². The fraction of sp³-hybridized carbons (Fsp3) is 0.429. The zero-order valence-electron chi connectivity index (χ0n) is 15.9. The first-order valence-corrected chi connectivity index (χ1v) is 12.9. The molecule has 0 amide bonds. The van der Waals surface area contributed by atoms with Crippen molar-refractivity contribution in [2.24, 2.45) is 0 Å². The van der Waals surface area contributed by atoms with Gasteiger partial charge >= 0.3 is 165 Å². The summed E-state index contributed by atoms with van der Waals surface area (Å²) in [5.74, 6) is 0. The maximum atomic E-state index is 12.7. The van der Waals surface area contributed by atoms with Gasteiger partial charge in [-0.05, 0) is 0 Å². The summed E-state index contributed by atoms with van der Waals surface area (Å²) in [4.78, 5) is 0. The van der Waals surface area contributed by atoms with E-state index in [1.54, 1.807) is 0 Å². The molecule has 2 aromatic carbocycles. The van der Waals surface area contributed by atoms with Crippen LogP contribution in [0.25, 0.3) is 0 Å². The van der Waals surface area contributed by atoms with E-state index in [1.165, 1.54) is 15.7 Å². The summed E-state index contributed by atoms with van der Waals surface area (Å²) in [6.07, 6.45) is 1.48. The first kappa shape index (κ1) is 20.0. The number of benzene rings is 2. The first-order valence-electron chi connectivity index (χ1n) is 9.02. The molecule has 1 aliphatic heterocycles. The molecule has 139 valence electrons. The molecule has 0 aliphatic carbocycles. The van der Waals surface area contributed by atoms with Crippen molar-refractivity contribution in [3.8, 4) is 0 Å². The minimum absolute atomic E-state index is 0.0280. The summed E-state index contributed by atoms with van der Waals surface area (Å²) < 4.78 is 6.86. The van der Waals surface area contributed by atoms with Gasteiger partial charge in [0, 0.05) is 0 Å². The Morgan fingerprint density at radius 1 is 0.885 bits per heavy atom. The molecule has 3 nitrogen and oxygen atoms in total. The van der Waals surface area contributed by atoms with Gasteiger partial charge in [-0.15, -0.1) is 0 Å². The second-order valence-electron chi connectivity index (χ2n) is 8.28. The van der Waals surface area contributed by atoms with Crippen molar-refractivity contribution >= 4 is 31.4 Å². The van der Waals surface area contributed by atoms with E-state index in [0.29, 0.717) is 0 Å². The molecule has 0 unspecified atom stereocenters. The fourth-order valence-electron chi connectivity index (χ4n) is 3.98. The molecular weight excluding hydrogens is 408 g/mol. The van der Waals surface area contributed by atoms with Crippen LogP contribution in [0.3, 0.4) is 0 Å². The minimum atomic E-state index is -2.12. The van der Waals surface area contributed by atoms with Crippen molar-refractivity contribution in [2.45, 2.75) is 57.7 Å². The molecule has 1 aliphatic rings. The van der Waals surface area contributed by atoms with Gasteiger partial charge in [-0.25, -0.2) is 0 Å². The number of rotatable bonds is 4.